The molecule has 1 aliphatic heterocycles. The summed E-state index contributed by atoms with van der Waals surface area (Å²) in [5, 5.41) is 7.98. The van der Waals surface area contributed by atoms with Gasteiger partial charge >= 0.3 is 0 Å². The summed E-state index contributed by atoms with van der Waals surface area (Å²) in [4.78, 5) is 2.25. The van der Waals surface area contributed by atoms with E-state index in [9.17, 15) is 0 Å². The molecular formula is C10H16N4. The fourth-order valence-electron chi connectivity index (χ4n) is 1.83. The average molecular weight is 192 g/mol. The fourth-order valence-corrected chi connectivity index (χ4v) is 1.83. The van der Waals surface area contributed by atoms with E-state index in [2.05, 4.69) is 22.0 Å². The van der Waals surface area contributed by atoms with Gasteiger partial charge in [-0.1, -0.05) is 6.92 Å². The van der Waals surface area contributed by atoms with Crippen LogP contribution in [0.3, 0.4) is 0 Å². The molecule has 2 heterocycles. The summed E-state index contributed by atoms with van der Waals surface area (Å²) in [6, 6.07) is 4.25. The van der Waals surface area contributed by atoms with Crippen molar-refractivity contribution in [2.24, 2.45) is 11.7 Å². The quantitative estimate of drug-likeness (QED) is 0.710. The number of hydrogen-bond donors (Lipinski definition) is 1. The van der Waals surface area contributed by atoms with Crippen LogP contribution in [0.15, 0.2) is 18.3 Å². The van der Waals surface area contributed by atoms with Crippen molar-refractivity contribution in [1.82, 2.24) is 10.2 Å². The highest BCUT2D eigenvalue weighted by molar-refractivity contribution is 5.37. The van der Waals surface area contributed by atoms with E-state index in [1.165, 1.54) is 0 Å². The minimum atomic E-state index is 0.336. The molecular weight excluding hydrogens is 176 g/mol. The third kappa shape index (κ3) is 1.85. The zero-order valence-corrected chi connectivity index (χ0v) is 8.43. The minimum Gasteiger partial charge on any atom is -0.355 e. The van der Waals surface area contributed by atoms with Crippen molar-refractivity contribution in [3.05, 3.63) is 18.3 Å². The molecule has 4 nitrogen and oxygen atoms in total. The predicted molar refractivity (Wildman–Crippen MR) is 56.0 cm³/mol. The van der Waals surface area contributed by atoms with E-state index in [0.29, 0.717) is 12.0 Å². The lowest BCUT2D eigenvalue weighted by molar-refractivity contribution is 0.381. The molecule has 1 aliphatic rings. The Labute approximate surface area is 84.1 Å². The topological polar surface area (TPSA) is 55.0 Å². The summed E-state index contributed by atoms with van der Waals surface area (Å²) in [6.45, 7) is 4.16. The van der Waals surface area contributed by atoms with Crippen LogP contribution in [0.25, 0.3) is 0 Å². The van der Waals surface area contributed by atoms with Crippen LogP contribution >= 0.6 is 0 Å². The van der Waals surface area contributed by atoms with Crippen LogP contribution in [-0.2, 0) is 0 Å². The first-order valence-corrected chi connectivity index (χ1v) is 5.05. The standard InChI is InChI=1S/C10H16N4/c1-8-7-14(6-4-9(8)11)10-3-2-5-12-13-10/h2-3,5,8-9H,4,6-7,11H2,1H3. The van der Waals surface area contributed by atoms with E-state index < -0.39 is 0 Å². The second kappa shape index (κ2) is 3.92. The van der Waals surface area contributed by atoms with Gasteiger partial charge in [0.15, 0.2) is 5.82 Å². The predicted octanol–water partition coefficient (Wildman–Crippen LogP) is 0.650. The minimum absolute atomic E-state index is 0.336. The number of rotatable bonds is 1. The molecule has 0 spiro atoms. The van der Waals surface area contributed by atoms with E-state index >= 15 is 0 Å². The van der Waals surface area contributed by atoms with Gasteiger partial charge in [0, 0.05) is 25.3 Å². The Morgan fingerprint density at radius 3 is 3.07 bits per heavy atom. The first kappa shape index (κ1) is 9.40. The number of anilines is 1. The summed E-state index contributed by atoms with van der Waals surface area (Å²) in [5.41, 5.74) is 5.96. The van der Waals surface area contributed by atoms with E-state index in [1.807, 2.05) is 12.1 Å². The van der Waals surface area contributed by atoms with E-state index in [1.54, 1.807) is 6.20 Å². The van der Waals surface area contributed by atoms with Gasteiger partial charge in [-0.15, -0.1) is 5.10 Å². The Morgan fingerprint density at radius 1 is 1.57 bits per heavy atom. The summed E-state index contributed by atoms with van der Waals surface area (Å²) in [7, 11) is 0. The molecule has 14 heavy (non-hydrogen) atoms. The van der Waals surface area contributed by atoms with E-state index in [-0.39, 0.29) is 0 Å². The van der Waals surface area contributed by atoms with Crippen LogP contribution in [0.4, 0.5) is 5.82 Å². The lowest BCUT2D eigenvalue weighted by atomic mass is 9.95. The highest BCUT2D eigenvalue weighted by atomic mass is 15.3. The fraction of sp³-hybridized carbons (Fsp3) is 0.600. The zero-order valence-electron chi connectivity index (χ0n) is 8.43. The second-order valence-corrected chi connectivity index (χ2v) is 3.96. The van der Waals surface area contributed by atoms with Gasteiger partial charge < -0.3 is 10.6 Å². The smallest absolute Gasteiger partial charge is 0.151 e. The maximum Gasteiger partial charge on any atom is 0.151 e. The molecule has 0 aromatic carbocycles. The number of aromatic nitrogens is 2. The van der Waals surface area contributed by atoms with Crippen molar-refractivity contribution in [2.45, 2.75) is 19.4 Å². The maximum absolute atomic E-state index is 5.96. The zero-order chi connectivity index (χ0) is 9.97. The Balaban J connectivity index is 2.07. The molecule has 0 bridgehead atoms. The lowest BCUT2D eigenvalue weighted by Crippen LogP contribution is -2.46. The summed E-state index contributed by atoms with van der Waals surface area (Å²) >= 11 is 0. The largest absolute Gasteiger partial charge is 0.355 e. The Bertz CT molecular complexity index is 287. The molecule has 2 N–H and O–H groups in total. The van der Waals surface area contributed by atoms with Crippen molar-refractivity contribution in [3.63, 3.8) is 0 Å². The van der Waals surface area contributed by atoms with Crippen LogP contribution in [0, 0.1) is 5.92 Å². The van der Waals surface area contributed by atoms with Crippen LogP contribution < -0.4 is 10.6 Å². The SMILES string of the molecule is CC1CN(c2cccnn2)CCC1N. The van der Waals surface area contributed by atoms with Crippen LogP contribution in [0.5, 0.6) is 0 Å². The normalized spacial score (nSPS) is 27.7. The summed E-state index contributed by atoms with van der Waals surface area (Å²) < 4.78 is 0. The Kier molecular flexibility index (Phi) is 2.63. The molecule has 0 aliphatic carbocycles. The van der Waals surface area contributed by atoms with Gasteiger partial charge in [-0.05, 0) is 24.5 Å². The van der Waals surface area contributed by atoms with Gasteiger partial charge in [0.05, 0.1) is 0 Å². The van der Waals surface area contributed by atoms with Gasteiger partial charge in [0.2, 0.25) is 0 Å². The number of nitrogens with two attached hydrogens (primary N) is 1. The first-order valence-electron chi connectivity index (χ1n) is 5.05. The van der Waals surface area contributed by atoms with Gasteiger partial charge in [-0.25, -0.2) is 0 Å². The summed E-state index contributed by atoms with van der Waals surface area (Å²) in [5.74, 6) is 1.50. The van der Waals surface area contributed by atoms with Crippen molar-refractivity contribution in [1.29, 1.82) is 0 Å². The second-order valence-electron chi connectivity index (χ2n) is 3.96. The van der Waals surface area contributed by atoms with Crippen LogP contribution in [0.1, 0.15) is 13.3 Å². The van der Waals surface area contributed by atoms with Crippen molar-refractivity contribution in [2.75, 3.05) is 18.0 Å². The van der Waals surface area contributed by atoms with Crippen molar-refractivity contribution in [3.8, 4) is 0 Å². The molecule has 2 unspecified atom stereocenters. The van der Waals surface area contributed by atoms with Crippen LogP contribution in [-0.4, -0.2) is 29.3 Å². The van der Waals surface area contributed by atoms with Crippen LogP contribution in [0.2, 0.25) is 0 Å². The monoisotopic (exact) mass is 192 g/mol. The molecule has 76 valence electrons. The van der Waals surface area contributed by atoms with Gasteiger partial charge in [-0.3, -0.25) is 0 Å². The van der Waals surface area contributed by atoms with Gasteiger partial charge in [-0.2, -0.15) is 5.10 Å². The Hall–Kier alpha value is -1.16. The van der Waals surface area contributed by atoms with Crippen molar-refractivity contribution < 1.29 is 0 Å². The molecule has 1 aromatic rings. The van der Waals surface area contributed by atoms with Gasteiger partial charge in [0.25, 0.3) is 0 Å². The number of hydrogen-bond acceptors (Lipinski definition) is 4. The molecule has 0 amide bonds. The molecule has 0 saturated carbocycles. The third-order valence-electron chi connectivity index (χ3n) is 2.85. The molecule has 1 saturated heterocycles. The van der Waals surface area contributed by atoms with E-state index in [0.717, 1.165) is 25.3 Å². The Morgan fingerprint density at radius 2 is 2.43 bits per heavy atom. The number of piperidine rings is 1. The van der Waals surface area contributed by atoms with Gasteiger partial charge in [0.1, 0.15) is 0 Å². The third-order valence-corrected chi connectivity index (χ3v) is 2.85. The molecule has 4 heteroatoms. The van der Waals surface area contributed by atoms with E-state index in [4.69, 9.17) is 5.73 Å². The summed E-state index contributed by atoms with van der Waals surface area (Å²) in [6.07, 6.45) is 2.74. The highest BCUT2D eigenvalue weighted by Gasteiger charge is 2.23. The highest BCUT2D eigenvalue weighted by Crippen LogP contribution is 2.19. The molecule has 2 rings (SSSR count). The molecule has 1 fully saturated rings. The first-order chi connectivity index (χ1) is 6.77. The lowest BCUT2D eigenvalue weighted by Gasteiger charge is -2.35. The molecule has 0 radical (unpaired) electrons. The molecule has 1 aromatic heterocycles. The maximum atomic E-state index is 5.96. The number of nitrogens with zero attached hydrogens (tertiary/aromatic N) is 3. The van der Waals surface area contributed by atoms with Crippen molar-refractivity contribution >= 4 is 5.82 Å². The molecule has 2 atom stereocenters. The average Bonchev–Trinajstić information content (AvgIpc) is 2.23.